The van der Waals surface area contributed by atoms with Crippen LogP contribution in [0.4, 0.5) is 5.69 Å². The predicted molar refractivity (Wildman–Crippen MR) is 131 cm³/mol. The lowest BCUT2D eigenvalue weighted by Gasteiger charge is -2.17. The second kappa shape index (κ2) is 9.45. The molecule has 33 heavy (non-hydrogen) atoms. The largest absolute Gasteiger partial charge is 0.440 e. The average molecular weight is 440 g/mol. The Bertz CT molecular complexity index is 1220. The van der Waals surface area contributed by atoms with Crippen LogP contribution in [-0.2, 0) is 19.4 Å². The van der Waals surface area contributed by atoms with Crippen LogP contribution in [0.15, 0.2) is 71.7 Å². The van der Waals surface area contributed by atoms with Gasteiger partial charge in [0.2, 0.25) is 0 Å². The van der Waals surface area contributed by atoms with Gasteiger partial charge in [0.1, 0.15) is 5.82 Å². The van der Waals surface area contributed by atoms with Gasteiger partial charge < -0.3 is 9.32 Å². The molecular formula is C27H29N5O. The third kappa shape index (κ3) is 4.60. The summed E-state index contributed by atoms with van der Waals surface area (Å²) in [5, 5.41) is 4.75. The van der Waals surface area contributed by atoms with E-state index in [-0.39, 0.29) is 0 Å². The molecule has 1 fully saturated rings. The summed E-state index contributed by atoms with van der Waals surface area (Å²) in [5.41, 5.74) is 4.25. The highest BCUT2D eigenvalue weighted by Gasteiger charge is 2.16. The van der Waals surface area contributed by atoms with Gasteiger partial charge in [-0.1, -0.05) is 36.4 Å². The van der Waals surface area contributed by atoms with Crippen molar-refractivity contribution in [2.45, 2.75) is 39.2 Å². The van der Waals surface area contributed by atoms with Crippen molar-refractivity contribution in [3.8, 4) is 22.7 Å². The molecule has 0 saturated carbocycles. The van der Waals surface area contributed by atoms with Crippen LogP contribution in [0.3, 0.4) is 0 Å². The van der Waals surface area contributed by atoms with Crippen molar-refractivity contribution >= 4 is 5.69 Å². The number of allylic oxidation sites excluding steroid dienone is 1. The predicted octanol–water partition coefficient (Wildman–Crippen LogP) is 5.48. The number of aromatic nitrogens is 4. The lowest BCUT2D eigenvalue weighted by Crippen LogP contribution is -2.17. The van der Waals surface area contributed by atoms with Gasteiger partial charge in [0.05, 0.1) is 12.2 Å². The summed E-state index contributed by atoms with van der Waals surface area (Å²) in [5.74, 6) is 3.20. The quantitative estimate of drug-likeness (QED) is 0.340. The first-order valence-electron chi connectivity index (χ1n) is 11.6. The highest BCUT2D eigenvalue weighted by atomic mass is 16.4. The third-order valence-corrected chi connectivity index (χ3v) is 6.09. The maximum absolute atomic E-state index is 6.08. The Kier molecular flexibility index (Phi) is 6.07. The van der Waals surface area contributed by atoms with Gasteiger partial charge >= 0.3 is 0 Å². The van der Waals surface area contributed by atoms with Crippen LogP contribution in [0.25, 0.3) is 22.7 Å². The van der Waals surface area contributed by atoms with Gasteiger partial charge in [-0.2, -0.15) is 5.10 Å². The van der Waals surface area contributed by atoms with E-state index in [0.29, 0.717) is 19.4 Å². The number of benzene rings is 2. The van der Waals surface area contributed by atoms with Crippen LogP contribution >= 0.6 is 0 Å². The molecular weight excluding hydrogens is 410 g/mol. The van der Waals surface area contributed by atoms with Crippen LogP contribution in [0.5, 0.6) is 0 Å². The summed E-state index contributed by atoms with van der Waals surface area (Å²) in [6, 6.07) is 18.7. The molecule has 1 saturated heterocycles. The summed E-state index contributed by atoms with van der Waals surface area (Å²) >= 11 is 0. The fourth-order valence-corrected chi connectivity index (χ4v) is 4.38. The number of hydrogen-bond donors (Lipinski definition) is 0. The normalized spacial score (nSPS) is 13.5. The van der Waals surface area contributed by atoms with Gasteiger partial charge in [0.25, 0.3) is 0 Å². The number of nitrogens with zero attached hydrogens (tertiary/aromatic N) is 5. The van der Waals surface area contributed by atoms with E-state index in [2.05, 4.69) is 40.7 Å². The molecule has 0 unspecified atom stereocenters. The Labute approximate surface area is 194 Å². The van der Waals surface area contributed by atoms with E-state index in [0.717, 1.165) is 53.2 Å². The summed E-state index contributed by atoms with van der Waals surface area (Å²) in [6.45, 7) is 8.76. The molecule has 0 bridgehead atoms. The molecule has 6 heteroatoms. The Balaban J connectivity index is 1.33. The summed E-state index contributed by atoms with van der Waals surface area (Å²) < 4.78 is 8.00. The Hall–Kier alpha value is -3.67. The molecule has 1 aliphatic heterocycles. The van der Waals surface area contributed by atoms with Gasteiger partial charge in [0, 0.05) is 42.7 Å². The minimum Gasteiger partial charge on any atom is -0.440 e. The SMILES string of the molecule is C=CCn1nc(-c2ccc(N3CCCC3)cc2)nc1CCc1nc(C)c(-c2ccccc2)o1. The lowest BCUT2D eigenvalue weighted by atomic mass is 10.1. The molecule has 2 aromatic heterocycles. The van der Waals surface area contributed by atoms with Crippen molar-refractivity contribution in [2.24, 2.45) is 0 Å². The molecule has 3 heterocycles. The van der Waals surface area contributed by atoms with Crippen LogP contribution in [0, 0.1) is 6.92 Å². The standard InChI is InChI=1S/C27H29N5O/c1-3-17-32-24(15-16-25-28-20(2)26(33-25)21-9-5-4-6-10-21)29-27(30-32)22-11-13-23(14-12-22)31-18-7-8-19-31/h3-6,9-14H,1,7-8,15-19H2,2H3. The molecule has 0 radical (unpaired) electrons. The fraction of sp³-hybridized carbons (Fsp3) is 0.296. The highest BCUT2D eigenvalue weighted by Crippen LogP contribution is 2.26. The van der Waals surface area contributed by atoms with E-state index in [1.54, 1.807) is 0 Å². The first kappa shape index (κ1) is 21.2. The van der Waals surface area contributed by atoms with E-state index in [1.165, 1.54) is 18.5 Å². The van der Waals surface area contributed by atoms with Crippen molar-refractivity contribution < 1.29 is 4.42 Å². The van der Waals surface area contributed by atoms with E-state index < -0.39 is 0 Å². The first-order valence-corrected chi connectivity index (χ1v) is 11.6. The first-order chi connectivity index (χ1) is 16.2. The number of hydrogen-bond acceptors (Lipinski definition) is 5. The molecule has 0 amide bonds. The zero-order valence-corrected chi connectivity index (χ0v) is 19.1. The second-order valence-corrected chi connectivity index (χ2v) is 8.45. The van der Waals surface area contributed by atoms with Gasteiger partial charge in [-0.15, -0.1) is 6.58 Å². The van der Waals surface area contributed by atoms with Crippen molar-refractivity contribution in [1.29, 1.82) is 0 Å². The van der Waals surface area contributed by atoms with Crippen molar-refractivity contribution in [3.05, 3.63) is 84.7 Å². The summed E-state index contributed by atoms with van der Waals surface area (Å²) in [6.07, 6.45) is 5.75. The number of anilines is 1. The molecule has 5 rings (SSSR count). The smallest absolute Gasteiger partial charge is 0.195 e. The van der Waals surface area contributed by atoms with E-state index in [1.807, 2.05) is 48.0 Å². The molecule has 1 aliphatic rings. The van der Waals surface area contributed by atoms with Crippen LogP contribution in [0.1, 0.15) is 30.3 Å². The van der Waals surface area contributed by atoms with Crippen molar-refractivity contribution in [2.75, 3.05) is 18.0 Å². The molecule has 0 spiro atoms. The fourth-order valence-electron chi connectivity index (χ4n) is 4.38. The molecule has 168 valence electrons. The summed E-state index contributed by atoms with van der Waals surface area (Å²) in [4.78, 5) is 11.9. The number of aryl methyl sites for hydroxylation is 3. The second-order valence-electron chi connectivity index (χ2n) is 8.45. The summed E-state index contributed by atoms with van der Waals surface area (Å²) in [7, 11) is 0. The van der Waals surface area contributed by atoms with Gasteiger partial charge in [0.15, 0.2) is 17.5 Å². The van der Waals surface area contributed by atoms with Gasteiger partial charge in [-0.05, 0) is 44.0 Å². The molecule has 0 atom stereocenters. The Morgan fingerprint density at radius 1 is 0.939 bits per heavy atom. The van der Waals surface area contributed by atoms with Crippen LogP contribution in [-0.4, -0.2) is 32.8 Å². The van der Waals surface area contributed by atoms with Crippen molar-refractivity contribution in [1.82, 2.24) is 19.7 Å². The Morgan fingerprint density at radius 2 is 1.70 bits per heavy atom. The minimum atomic E-state index is 0.619. The van der Waals surface area contributed by atoms with E-state index >= 15 is 0 Å². The molecule has 0 aliphatic carbocycles. The highest BCUT2D eigenvalue weighted by molar-refractivity contribution is 5.61. The molecule has 4 aromatic rings. The third-order valence-electron chi connectivity index (χ3n) is 6.09. The average Bonchev–Trinajstić information content (AvgIpc) is 3.59. The molecule has 2 aromatic carbocycles. The van der Waals surface area contributed by atoms with E-state index in [9.17, 15) is 0 Å². The maximum Gasteiger partial charge on any atom is 0.195 e. The monoisotopic (exact) mass is 439 g/mol. The number of rotatable bonds is 8. The lowest BCUT2D eigenvalue weighted by molar-refractivity contribution is 0.498. The van der Waals surface area contributed by atoms with Crippen molar-refractivity contribution in [3.63, 3.8) is 0 Å². The maximum atomic E-state index is 6.08. The minimum absolute atomic E-state index is 0.619. The zero-order chi connectivity index (χ0) is 22.6. The van der Waals surface area contributed by atoms with Gasteiger partial charge in [-0.25, -0.2) is 14.6 Å². The Morgan fingerprint density at radius 3 is 2.42 bits per heavy atom. The van der Waals surface area contributed by atoms with Gasteiger partial charge in [-0.3, -0.25) is 0 Å². The van der Waals surface area contributed by atoms with Crippen LogP contribution in [0.2, 0.25) is 0 Å². The van der Waals surface area contributed by atoms with E-state index in [4.69, 9.17) is 14.5 Å². The molecule has 0 N–H and O–H groups in total. The topological polar surface area (TPSA) is 60.0 Å². The zero-order valence-electron chi connectivity index (χ0n) is 19.1. The number of oxazole rings is 1. The van der Waals surface area contributed by atoms with Crippen LogP contribution < -0.4 is 4.90 Å². The molecule has 6 nitrogen and oxygen atoms in total.